The molecule has 0 aliphatic rings. The molecule has 1 atom stereocenters. The predicted molar refractivity (Wildman–Crippen MR) is 59.1 cm³/mol. The van der Waals surface area contributed by atoms with Crippen molar-refractivity contribution in [3.63, 3.8) is 0 Å². The fourth-order valence-electron chi connectivity index (χ4n) is 1.49. The van der Waals surface area contributed by atoms with Gasteiger partial charge in [-0.05, 0) is 26.0 Å². The van der Waals surface area contributed by atoms with Crippen molar-refractivity contribution in [2.45, 2.75) is 26.3 Å². The standard InChI is InChI=1S/C11H19N3/c1-5-7-12-11(9(2)3)10-6-8-13-14(10)4/h6,8,11-12H,2,5,7H2,1,3-4H3. The Bertz CT molecular complexity index is 301. The van der Waals surface area contributed by atoms with Crippen LogP contribution in [0.1, 0.15) is 32.0 Å². The average molecular weight is 193 g/mol. The molecule has 78 valence electrons. The monoisotopic (exact) mass is 193 g/mol. The molecule has 3 nitrogen and oxygen atoms in total. The molecule has 0 saturated carbocycles. The molecule has 1 rings (SSSR count). The van der Waals surface area contributed by atoms with Crippen LogP contribution in [0.2, 0.25) is 0 Å². The molecule has 1 aromatic rings. The summed E-state index contributed by atoms with van der Waals surface area (Å²) in [5.74, 6) is 0. The number of nitrogens with zero attached hydrogens (tertiary/aromatic N) is 2. The summed E-state index contributed by atoms with van der Waals surface area (Å²) in [6.45, 7) is 9.20. The van der Waals surface area contributed by atoms with Crippen LogP contribution in [0.15, 0.2) is 24.4 Å². The van der Waals surface area contributed by atoms with Gasteiger partial charge >= 0.3 is 0 Å². The van der Waals surface area contributed by atoms with Gasteiger partial charge in [0.15, 0.2) is 0 Å². The van der Waals surface area contributed by atoms with Crippen LogP contribution in [-0.2, 0) is 7.05 Å². The molecule has 0 aliphatic carbocycles. The minimum atomic E-state index is 0.224. The van der Waals surface area contributed by atoms with Gasteiger partial charge in [-0.3, -0.25) is 4.68 Å². The Labute approximate surface area is 85.8 Å². The van der Waals surface area contributed by atoms with Crippen LogP contribution in [0, 0.1) is 0 Å². The summed E-state index contributed by atoms with van der Waals surface area (Å²) in [7, 11) is 1.96. The molecular weight excluding hydrogens is 174 g/mol. The van der Waals surface area contributed by atoms with Crippen molar-refractivity contribution in [1.82, 2.24) is 15.1 Å². The van der Waals surface area contributed by atoms with E-state index in [1.807, 2.05) is 30.9 Å². The van der Waals surface area contributed by atoms with Gasteiger partial charge in [0.05, 0.1) is 11.7 Å². The van der Waals surface area contributed by atoms with E-state index < -0.39 is 0 Å². The third kappa shape index (κ3) is 2.45. The molecule has 1 unspecified atom stereocenters. The topological polar surface area (TPSA) is 29.9 Å². The van der Waals surface area contributed by atoms with E-state index in [4.69, 9.17) is 0 Å². The summed E-state index contributed by atoms with van der Waals surface area (Å²) < 4.78 is 1.89. The number of hydrogen-bond acceptors (Lipinski definition) is 2. The van der Waals surface area contributed by atoms with Gasteiger partial charge in [-0.15, -0.1) is 0 Å². The third-order valence-corrected chi connectivity index (χ3v) is 2.25. The van der Waals surface area contributed by atoms with Crippen molar-refractivity contribution >= 4 is 0 Å². The maximum Gasteiger partial charge on any atom is 0.0702 e. The molecule has 0 aromatic carbocycles. The number of aromatic nitrogens is 2. The third-order valence-electron chi connectivity index (χ3n) is 2.25. The van der Waals surface area contributed by atoms with Gasteiger partial charge in [-0.2, -0.15) is 5.10 Å². The second-order valence-electron chi connectivity index (χ2n) is 3.61. The summed E-state index contributed by atoms with van der Waals surface area (Å²) in [6, 6.07) is 2.25. The molecule has 0 saturated heterocycles. The lowest BCUT2D eigenvalue weighted by atomic mass is 10.1. The Kier molecular flexibility index (Phi) is 3.89. The van der Waals surface area contributed by atoms with E-state index in [9.17, 15) is 0 Å². The van der Waals surface area contributed by atoms with Gasteiger partial charge < -0.3 is 5.32 Å². The van der Waals surface area contributed by atoms with Gasteiger partial charge in [0.1, 0.15) is 0 Å². The molecule has 3 heteroatoms. The molecule has 1 heterocycles. The van der Waals surface area contributed by atoms with Gasteiger partial charge in [0.2, 0.25) is 0 Å². The Morgan fingerprint density at radius 3 is 2.86 bits per heavy atom. The van der Waals surface area contributed by atoms with E-state index in [0.717, 1.165) is 18.5 Å². The molecule has 0 aliphatic heterocycles. The number of aryl methyl sites for hydroxylation is 1. The highest BCUT2D eigenvalue weighted by Crippen LogP contribution is 2.18. The Morgan fingerprint density at radius 2 is 2.43 bits per heavy atom. The van der Waals surface area contributed by atoms with E-state index in [1.165, 1.54) is 5.69 Å². The Balaban J connectivity index is 2.78. The van der Waals surface area contributed by atoms with E-state index >= 15 is 0 Å². The number of rotatable bonds is 5. The van der Waals surface area contributed by atoms with Crippen molar-refractivity contribution < 1.29 is 0 Å². The largest absolute Gasteiger partial charge is 0.305 e. The van der Waals surface area contributed by atoms with Crippen LogP contribution >= 0.6 is 0 Å². The molecule has 1 aromatic heterocycles. The molecular formula is C11H19N3. The normalized spacial score (nSPS) is 12.8. The van der Waals surface area contributed by atoms with Gasteiger partial charge in [-0.25, -0.2) is 0 Å². The quantitative estimate of drug-likeness (QED) is 0.725. The molecule has 0 spiro atoms. The van der Waals surface area contributed by atoms with Crippen LogP contribution in [-0.4, -0.2) is 16.3 Å². The predicted octanol–water partition coefficient (Wildman–Crippen LogP) is 2.04. The summed E-state index contributed by atoms with van der Waals surface area (Å²) in [4.78, 5) is 0. The van der Waals surface area contributed by atoms with Crippen molar-refractivity contribution in [3.8, 4) is 0 Å². The zero-order valence-electron chi connectivity index (χ0n) is 9.25. The van der Waals surface area contributed by atoms with Crippen molar-refractivity contribution in [2.75, 3.05) is 6.54 Å². The van der Waals surface area contributed by atoms with Crippen molar-refractivity contribution in [1.29, 1.82) is 0 Å². The van der Waals surface area contributed by atoms with Crippen molar-refractivity contribution in [3.05, 3.63) is 30.1 Å². The first-order valence-corrected chi connectivity index (χ1v) is 5.03. The second kappa shape index (κ2) is 4.96. The fraction of sp³-hybridized carbons (Fsp3) is 0.545. The Hall–Kier alpha value is -1.09. The Morgan fingerprint density at radius 1 is 1.71 bits per heavy atom. The smallest absolute Gasteiger partial charge is 0.0702 e. The van der Waals surface area contributed by atoms with Crippen LogP contribution in [0.4, 0.5) is 0 Å². The summed E-state index contributed by atoms with van der Waals surface area (Å²) in [6.07, 6.45) is 2.94. The van der Waals surface area contributed by atoms with Crippen LogP contribution in [0.3, 0.4) is 0 Å². The highest BCUT2D eigenvalue weighted by Gasteiger charge is 2.13. The SMILES string of the molecule is C=C(C)C(NCCC)c1ccnn1C. The number of hydrogen-bond donors (Lipinski definition) is 1. The fourth-order valence-corrected chi connectivity index (χ4v) is 1.49. The minimum absolute atomic E-state index is 0.224. The van der Waals surface area contributed by atoms with Crippen LogP contribution in [0.5, 0.6) is 0 Å². The lowest BCUT2D eigenvalue weighted by Crippen LogP contribution is -2.24. The zero-order chi connectivity index (χ0) is 10.6. The molecule has 0 radical (unpaired) electrons. The van der Waals surface area contributed by atoms with E-state index in [0.29, 0.717) is 0 Å². The van der Waals surface area contributed by atoms with E-state index in [-0.39, 0.29) is 6.04 Å². The maximum atomic E-state index is 4.16. The first-order valence-electron chi connectivity index (χ1n) is 5.03. The number of nitrogens with one attached hydrogen (secondary N) is 1. The molecule has 14 heavy (non-hydrogen) atoms. The van der Waals surface area contributed by atoms with Crippen LogP contribution in [0.25, 0.3) is 0 Å². The second-order valence-corrected chi connectivity index (χ2v) is 3.61. The van der Waals surface area contributed by atoms with E-state index in [1.54, 1.807) is 0 Å². The van der Waals surface area contributed by atoms with Gasteiger partial charge in [-0.1, -0.05) is 19.1 Å². The zero-order valence-corrected chi connectivity index (χ0v) is 9.25. The molecule has 1 N–H and O–H groups in total. The average Bonchev–Trinajstić information content (AvgIpc) is 2.52. The summed E-state index contributed by atoms with van der Waals surface area (Å²) >= 11 is 0. The first kappa shape index (κ1) is 11.0. The highest BCUT2D eigenvalue weighted by atomic mass is 15.3. The maximum absolute atomic E-state index is 4.16. The first-order chi connectivity index (χ1) is 6.66. The lowest BCUT2D eigenvalue weighted by molar-refractivity contribution is 0.547. The molecule has 0 bridgehead atoms. The lowest BCUT2D eigenvalue weighted by Gasteiger charge is -2.18. The minimum Gasteiger partial charge on any atom is -0.305 e. The van der Waals surface area contributed by atoms with Crippen molar-refractivity contribution in [2.24, 2.45) is 7.05 Å². The summed E-state index contributed by atoms with van der Waals surface area (Å²) in [5.41, 5.74) is 2.30. The molecule has 0 fully saturated rings. The summed E-state index contributed by atoms with van der Waals surface area (Å²) in [5, 5.41) is 7.62. The van der Waals surface area contributed by atoms with Gasteiger partial charge in [0, 0.05) is 13.2 Å². The molecule has 0 amide bonds. The van der Waals surface area contributed by atoms with E-state index in [2.05, 4.69) is 23.9 Å². The van der Waals surface area contributed by atoms with Crippen LogP contribution < -0.4 is 5.32 Å². The highest BCUT2D eigenvalue weighted by molar-refractivity contribution is 5.18. The van der Waals surface area contributed by atoms with Gasteiger partial charge in [0.25, 0.3) is 0 Å².